The van der Waals surface area contributed by atoms with Gasteiger partial charge in [-0.15, -0.1) is 11.3 Å². The molecule has 3 rings (SSSR count). The maximum atomic E-state index is 13.1. The molecule has 45 heavy (non-hydrogen) atoms. The summed E-state index contributed by atoms with van der Waals surface area (Å²) in [6.07, 6.45) is -0.728. The molecule has 6 N–H and O–H groups in total. The van der Waals surface area contributed by atoms with Gasteiger partial charge in [0.05, 0.1) is 56.0 Å². The van der Waals surface area contributed by atoms with E-state index in [0.29, 0.717) is 43.7 Å². The van der Waals surface area contributed by atoms with E-state index in [4.69, 9.17) is 37.2 Å². The van der Waals surface area contributed by atoms with Crippen LogP contribution in [-0.2, 0) is 14.3 Å². The molecule has 1 aliphatic heterocycles. The van der Waals surface area contributed by atoms with Crippen LogP contribution in [0, 0.1) is 12.3 Å². The second-order valence-electron chi connectivity index (χ2n) is 13.1. The van der Waals surface area contributed by atoms with Crippen LogP contribution >= 0.6 is 22.9 Å². The number of aliphatic hydroxyl groups is 1. The van der Waals surface area contributed by atoms with Crippen molar-refractivity contribution in [3.63, 3.8) is 0 Å². The lowest BCUT2D eigenvalue weighted by Gasteiger charge is -2.31. The molecule has 2 aromatic rings. The molecule has 2 unspecified atom stereocenters. The van der Waals surface area contributed by atoms with Crippen LogP contribution < -0.4 is 21.3 Å². The predicted molar refractivity (Wildman–Crippen MR) is 186 cm³/mol. The zero-order chi connectivity index (χ0) is 33.5. The number of nitrogens with one attached hydrogen (secondary N) is 3. The Kier molecular flexibility index (Phi) is 13.1. The molecular weight excluding hydrogens is 612 g/mol. The van der Waals surface area contributed by atoms with Gasteiger partial charge in [-0.3, -0.25) is 15.2 Å². The molecule has 0 fully saturated rings. The number of thiophene rings is 1. The van der Waals surface area contributed by atoms with Gasteiger partial charge in [-0.25, -0.2) is 0 Å². The Hall–Kier alpha value is -2.38. The van der Waals surface area contributed by atoms with Crippen molar-refractivity contribution in [1.82, 2.24) is 10.6 Å². The molecule has 12 heteroatoms. The van der Waals surface area contributed by atoms with Crippen molar-refractivity contribution in [3.05, 3.63) is 50.9 Å². The number of amides is 1. The van der Waals surface area contributed by atoms with Crippen LogP contribution in [0.5, 0.6) is 0 Å². The van der Waals surface area contributed by atoms with Gasteiger partial charge in [0.1, 0.15) is 11.2 Å². The predicted octanol–water partition coefficient (Wildman–Crippen LogP) is 4.82. The van der Waals surface area contributed by atoms with E-state index < -0.39 is 17.8 Å². The molecule has 0 bridgehead atoms. The molecule has 1 aliphatic rings. The van der Waals surface area contributed by atoms with E-state index in [1.807, 2.05) is 26.0 Å². The number of carbonyl (C=O) groups excluding carboxylic acids is 1. The van der Waals surface area contributed by atoms with Crippen LogP contribution in [0.2, 0.25) is 5.02 Å². The average molecular weight is 663 g/mol. The standard InChI is InChI=1S/C33H51ClN6O4S/c1-20-27-28(23-9-11-24(34)12-10-23)39-25(19-26(41)37-13-15-43-17-18-44-16-14-38-32(4,5)6)30(36)40(22(3)35)31(27)45-29(20)21(2)33(7,8)42/h9-12,21,25,30,35,38,42H,13-19,36H2,1-8H3,(H,37,41)/t21?,25-,30?/m0/s1. The van der Waals surface area contributed by atoms with Crippen molar-refractivity contribution >= 4 is 45.4 Å². The molecule has 0 radical (unpaired) electrons. The minimum absolute atomic E-state index is 0.0346. The lowest BCUT2D eigenvalue weighted by Crippen LogP contribution is -2.52. The van der Waals surface area contributed by atoms with Gasteiger partial charge in [0, 0.05) is 45.6 Å². The third-order valence-electron chi connectivity index (χ3n) is 7.78. The smallest absolute Gasteiger partial charge is 0.222 e. The van der Waals surface area contributed by atoms with E-state index in [1.165, 1.54) is 11.3 Å². The fourth-order valence-electron chi connectivity index (χ4n) is 5.03. The summed E-state index contributed by atoms with van der Waals surface area (Å²) in [5.41, 5.74) is 9.26. The Morgan fingerprint density at radius 2 is 1.73 bits per heavy atom. The maximum absolute atomic E-state index is 13.1. The lowest BCUT2D eigenvalue weighted by molar-refractivity contribution is -0.121. The van der Waals surface area contributed by atoms with E-state index in [0.717, 1.165) is 33.1 Å². The zero-order valence-corrected chi connectivity index (χ0v) is 29.5. The molecule has 1 aromatic heterocycles. The molecule has 0 aliphatic carbocycles. The number of nitrogens with two attached hydrogens (primary N) is 1. The van der Waals surface area contributed by atoms with Crippen molar-refractivity contribution < 1.29 is 19.4 Å². The number of benzene rings is 1. The fourth-order valence-corrected chi connectivity index (χ4v) is 6.79. The van der Waals surface area contributed by atoms with E-state index >= 15 is 0 Å². The number of halogens is 1. The summed E-state index contributed by atoms with van der Waals surface area (Å²) in [6.45, 7) is 18.6. The van der Waals surface area contributed by atoms with E-state index in [1.54, 1.807) is 37.8 Å². The zero-order valence-electron chi connectivity index (χ0n) is 27.9. The maximum Gasteiger partial charge on any atom is 0.222 e. The Bertz CT molecular complexity index is 1330. The number of fused-ring (bicyclic) bond motifs is 1. The number of hydrogen-bond donors (Lipinski definition) is 5. The highest BCUT2D eigenvalue weighted by Gasteiger charge is 2.38. The third-order valence-corrected chi connectivity index (χ3v) is 9.50. The molecule has 250 valence electrons. The summed E-state index contributed by atoms with van der Waals surface area (Å²) in [6, 6.07) is 6.78. The summed E-state index contributed by atoms with van der Waals surface area (Å²) in [5.74, 6) is -0.135. The number of rotatable bonds is 14. The molecule has 3 atom stereocenters. The number of anilines is 1. The monoisotopic (exact) mass is 662 g/mol. The number of hydrogen-bond acceptors (Lipinski definition) is 9. The molecular formula is C33H51ClN6O4S. The number of carbonyl (C=O) groups is 1. The van der Waals surface area contributed by atoms with Crippen LogP contribution in [0.3, 0.4) is 0 Å². The molecule has 10 nitrogen and oxygen atoms in total. The second kappa shape index (κ2) is 15.9. The lowest BCUT2D eigenvalue weighted by atomic mass is 9.88. The minimum atomic E-state index is -0.959. The van der Waals surface area contributed by atoms with Crippen LogP contribution in [0.25, 0.3) is 0 Å². The first kappa shape index (κ1) is 37.1. The fraction of sp³-hybridized carbons (Fsp3) is 0.606. The van der Waals surface area contributed by atoms with Gasteiger partial charge < -0.3 is 35.8 Å². The Balaban J connectivity index is 1.76. The normalized spacial score (nSPS) is 17.8. The van der Waals surface area contributed by atoms with Crippen molar-refractivity contribution in [2.75, 3.05) is 44.4 Å². The van der Waals surface area contributed by atoms with Crippen LogP contribution in [0.1, 0.15) is 82.4 Å². The number of ether oxygens (including phenoxy) is 2. The first-order valence-corrected chi connectivity index (χ1v) is 16.7. The van der Waals surface area contributed by atoms with Gasteiger partial charge in [-0.2, -0.15) is 0 Å². The summed E-state index contributed by atoms with van der Waals surface area (Å²) in [7, 11) is 0. The molecule has 0 spiro atoms. The topological polar surface area (TPSA) is 145 Å². The second-order valence-corrected chi connectivity index (χ2v) is 14.6. The molecule has 0 saturated carbocycles. The minimum Gasteiger partial charge on any atom is -0.390 e. The summed E-state index contributed by atoms with van der Waals surface area (Å²) < 4.78 is 11.2. The highest BCUT2D eigenvalue weighted by Crippen LogP contribution is 2.45. The van der Waals surface area contributed by atoms with E-state index in [9.17, 15) is 9.90 Å². The number of amidine groups is 1. The number of nitrogens with zero attached hydrogens (tertiary/aromatic N) is 2. The Labute approximate surface area is 277 Å². The largest absolute Gasteiger partial charge is 0.390 e. The Morgan fingerprint density at radius 1 is 1.13 bits per heavy atom. The molecule has 2 heterocycles. The molecule has 1 amide bonds. The first-order chi connectivity index (χ1) is 21.0. The van der Waals surface area contributed by atoms with Gasteiger partial charge in [-0.05, 0) is 66.2 Å². The number of aliphatic imine (C=N–C) groups is 1. The third kappa shape index (κ3) is 10.3. The van der Waals surface area contributed by atoms with Crippen molar-refractivity contribution in [1.29, 1.82) is 5.41 Å². The van der Waals surface area contributed by atoms with Crippen molar-refractivity contribution in [2.24, 2.45) is 10.7 Å². The highest BCUT2D eigenvalue weighted by molar-refractivity contribution is 7.17. The van der Waals surface area contributed by atoms with Gasteiger partial charge in [0.2, 0.25) is 5.91 Å². The van der Waals surface area contributed by atoms with Gasteiger partial charge in [0.25, 0.3) is 0 Å². The SMILES string of the molecule is CC(=N)N1c2sc(C(C)C(C)(C)O)c(C)c2C(c2ccc(Cl)cc2)=N[C@@H](CC(=O)NCCOCCOCCNC(C)(C)C)C1N. The van der Waals surface area contributed by atoms with E-state index in [-0.39, 0.29) is 29.6 Å². The summed E-state index contributed by atoms with van der Waals surface area (Å²) in [5, 5.41) is 27.2. The van der Waals surface area contributed by atoms with Gasteiger partial charge in [0.15, 0.2) is 0 Å². The first-order valence-electron chi connectivity index (χ1n) is 15.5. The van der Waals surface area contributed by atoms with Crippen LogP contribution in [0.15, 0.2) is 29.3 Å². The van der Waals surface area contributed by atoms with Crippen LogP contribution in [0.4, 0.5) is 5.00 Å². The molecule has 1 aromatic carbocycles. The summed E-state index contributed by atoms with van der Waals surface area (Å²) >= 11 is 7.73. The van der Waals surface area contributed by atoms with Crippen molar-refractivity contribution in [2.45, 2.75) is 91.1 Å². The molecule has 0 saturated heterocycles. The average Bonchev–Trinajstić information content (AvgIpc) is 3.20. The summed E-state index contributed by atoms with van der Waals surface area (Å²) in [4.78, 5) is 21.0. The van der Waals surface area contributed by atoms with Gasteiger partial charge in [-0.1, -0.05) is 30.7 Å². The van der Waals surface area contributed by atoms with Crippen molar-refractivity contribution in [3.8, 4) is 0 Å². The van der Waals surface area contributed by atoms with E-state index in [2.05, 4.69) is 31.4 Å². The highest BCUT2D eigenvalue weighted by atomic mass is 35.5. The van der Waals surface area contributed by atoms with Gasteiger partial charge >= 0.3 is 0 Å². The quantitative estimate of drug-likeness (QED) is 0.111. The van der Waals surface area contributed by atoms with Crippen LogP contribution in [-0.4, -0.2) is 85.4 Å². The Morgan fingerprint density at radius 3 is 2.29 bits per heavy atom.